The molecule has 2 N–H and O–H groups in total. The van der Waals surface area contributed by atoms with E-state index in [1.54, 1.807) is 24.3 Å². The molecule has 0 amide bonds. The van der Waals surface area contributed by atoms with Crippen LogP contribution in [-0.4, -0.2) is 10.2 Å². The zero-order valence-electron chi connectivity index (χ0n) is 9.11. The summed E-state index contributed by atoms with van der Waals surface area (Å²) in [6.07, 6.45) is 0. The molecule has 18 heavy (non-hydrogen) atoms. The third-order valence-electron chi connectivity index (χ3n) is 3.00. The van der Waals surface area contributed by atoms with Crippen LogP contribution in [0.1, 0.15) is 0 Å². The highest BCUT2D eigenvalue weighted by molar-refractivity contribution is 6.40. The smallest absolute Gasteiger partial charge is 0.123 e. The third-order valence-corrected chi connectivity index (χ3v) is 3.66. The number of halogens is 2. The van der Waals surface area contributed by atoms with E-state index in [4.69, 9.17) is 23.2 Å². The predicted octanol–water partition coefficient (Wildman–Crippen LogP) is 4.71. The third kappa shape index (κ3) is 1.57. The molecule has 3 aromatic carbocycles. The Hall–Kier alpha value is -1.64. The Kier molecular flexibility index (Phi) is 2.51. The molecular formula is C14H8Cl2O2. The van der Waals surface area contributed by atoms with Gasteiger partial charge in [0.1, 0.15) is 11.5 Å². The SMILES string of the molecule is Oc1ccc(O)c2cc3c(Cl)ccc(Cl)c3cc12. The quantitative estimate of drug-likeness (QED) is 0.462. The van der Waals surface area contributed by atoms with Crippen molar-refractivity contribution in [2.24, 2.45) is 0 Å². The summed E-state index contributed by atoms with van der Waals surface area (Å²) in [6, 6.07) is 9.77. The topological polar surface area (TPSA) is 40.5 Å². The van der Waals surface area contributed by atoms with Crippen molar-refractivity contribution in [2.45, 2.75) is 0 Å². The molecule has 0 radical (unpaired) electrons. The number of rotatable bonds is 0. The maximum Gasteiger partial charge on any atom is 0.123 e. The highest BCUT2D eigenvalue weighted by Gasteiger charge is 2.10. The normalized spacial score (nSPS) is 11.2. The van der Waals surface area contributed by atoms with Crippen molar-refractivity contribution in [2.75, 3.05) is 0 Å². The standard InChI is InChI=1S/C14H8Cl2O2/c15-11-1-2-12(16)8-6-10-9(5-7(8)11)13(17)3-4-14(10)18/h1-6,17-18H. The molecule has 0 aliphatic carbocycles. The van der Waals surface area contributed by atoms with Crippen LogP contribution in [0.2, 0.25) is 10.0 Å². The lowest BCUT2D eigenvalue weighted by atomic mass is 10.0. The Morgan fingerprint density at radius 1 is 0.611 bits per heavy atom. The van der Waals surface area contributed by atoms with E-state index in [0.29, 0.717) is 20.8 Å². The van der Waals surface area contributed by atoms with E-state index in [2.05, 4.69) is 0 Å². The second-order valence-electron chi connectivity index (χ2n) is 4.08. The van der Waals surface area contributed by atoms with E-state index < -0.39 is 0 Å². The van der Waals surface area contributed by atoms with Gasteiger partial charge in [-0.25, -0.2) is 0 Å². The zero-order chi connectivity index (χ0) is 12.9. The zero-order valence-corrected chi connectivity index (χ0v) is 10.6. The molecule has 0 fully saturated rings. The first-order valence-corrected chi connectivity index (χ1v) is 6.06. The summed E-state index contributed by atoms with van der Waals surface area (Å²) in [6.45, 7) is 0. The van der Waals surface area contributed by atoms with E-state index in [0.717, 1.165) is 10.8 Å². The van der Waals surface area contributed by atoms with Gasteiger partial charge in [-0.15, -0.1) is 0 Å². The van der Waals surface area contributed by atoms with Crippen molar-refractivity contribution in [3.63, 3.8) is 0 Å². The Morgan fingerprint density at radius 3 is 1.39 bits per heavy atom. The summed E-state index contributed by atoms with van der Waals surface area (Å²) in [4.78, 5) is 0. The van der Waals surface area contributed by atoms with Gasteiger partial charge in [0.25, 0.3) is 0 Å². The first-order chi connectivity index (χ1) is 8.58. The van der Waals surface area contributed by atoms with Gasteiger partial charge >= 0.3 is 0 Å². The van der Waals surface area contributed by atoms with Gasteiger partial charge in [0.15, 0.2) is 0 Å². The van der Waals surface area contributed by atoms with Crippen molar-refractivity contribution in [1.82, 2.24) is 0 Å². The molecule has 0 atom stereocenters. The lowest BCUT2D eigenvalue weighted by Gasteiger charge is -2.08. The van der Waals surface area contributed by atoms with Crippen LogP contribution in [0.4, 0.5) is 0 Å². The average molecular weight is 279 g/mol. The summed E-state index contributed by atoms with van der Waals surface area (Å²) in [7, 11) is 0. The van der Waals surface area contributed by atoms with E-state index in [9.17, 15) is 10.2 Å². The van der Waals surface area contributed by atoms with Gasteiger partial charge < -0.3 is 10.2 Å². The Labute approximate surface area is 113 Å². The van der Waals surface area contributed by atoms with E-state index >= 15 is 0 Å². The number of phenols is 2. The van der Waals surface area contributed by atoms with E-state index in [1.165, 1.54) is 12.1 Å². The molecule has 0 saturated heterocycles. The molecule has 0 spiro atoms. The van der Waals surface area contributed by atoms with Crippen LogP contribution >= 0.6 is 23.2 Å². The van der Waals surface area contributed by atoms with Gasteiger partial charge in [-0.2, -0.15) is 0 Å². The number of aromatic hydroxyl groups is 2. The van der Waals surface area contributed by atoms with Crippen molar-refractivity contribution in [1.29, 1.82) is 0 Å². The van der Waals surface area contributed by atoms with Crippen LogP contribution in [0, 0.1) is 0 Å². The van der Waals surface area contributed by atoms with Crippen LogP contribution in [0.5, 0.6) is 11.5 Å². The molecule has 0 aromatic heterocycles. The number of fused-ring (bicyclic) bond motifs is 2. The van der Waals surface area contributed by atoms with Gasteiger partial charge in [0.2, 0.25) is 0 Å². The Morgan fingerprint density at radius 2 is 1.00 bits per heavy atom. The lowest BCUT2D eigenvalue weighted by molar-refractivity contribution is 0.469. The van der Waals surface area contributed by atoms with E-state index in [1.807, 2.05) is 0 Å². The minimum atomic E-state index is 0.0979. The van der Waals surface area contributed by atoms with Crippen LogP contribution in [-0.2, 0) is 0 Å². The highest BCUT2D eigenvalue weighted by Crippen LogP contribution is 2.38. The van der Waals surface area contributed by atoms with Crippen LogP contribution in [0.15, 0.2) is 36.4 Å². The molecule has 3 aromatic rings. The molecule has 3 rings (SSSR count). The van der Waals surface area contributed by atoms with Gasteiger partial charge in [0.05, 0.1) is 0 Å². The highest BCUT2D eigenvalue weighted by atomic mass is 35.5. The Bertz CT molecular complexity index is 653. The first-order valence-electron chi connectivity index (χ1n) is 5.30. The van der Waals surface area contributed by atoms with Crippen molar-refractivity contribution in [3.8, 4) is 11.5 Å². The maximum absolute atomic E-state index is 9.83. The number of benzene rings is 3. The Balaban J connectivity index is 2.59. The number of hydrogen-bond acceptors (Lipinski definition) is 2. The van der Waals surface area contributed by atoms with Gasteiger partial charge in [0, 0.05) is 31.6 Å². The molecule has 0 unspecified atom stereocenters. The van der Waals surface area contributed by atoms with Crippen molar-refractivity contribution in [3.05, 3.63) is 46.4 Å². The minimum Gasteiger partial charge on any atom is -0.507 e. The van der Waals surface area contributed by atoms with Crippen LogP contribution < -0.4 is 0 Å². The molecular weight excluding hydrogens is 271 g/mol. The maximum atomic E-state index is 9.83. The molecule has 0 aliphatic heterocycles. The van der Waals surface area contributed by atoms with Gasteiger partial charge in [-0.05, 0) is 36.4 Å². The summed E-state index contributed by atoms with van der Waals surface area (Å²) in [5.41, 5.74) is 0. The fourth-order valence-corrected chi connectivity index (χ4v) is 2.52. The van der Waals surface area contributed by atoms with E-state index in [-0.39, 0.29) is 11.5 Å². The first kappa shape index (κ1) is 11.5. The molecule has 90 valence electrons. The predicted molar refractivity (Wildman–Crippen MR) is 74.8 cm³/mol. The molecule has 2 nitrogen and oxygen atoms in total. The van der Waals surface area contributed by atoms with Crippen molar-refractivity contribution < 1.29 is 10.2 Å². The van der Waals surface area contributed by atoms with Gasteiger partial charge in [-0.3, -0.25) is 0 Å². The molecule has 0 bridgehead atoms. The summed E-state index contributed by atoms with van der Waals surface area (Å²) >= 11 is 12.2. The minimum absolute atomic E-state index is 0.0979. The molecule has 0 saturated carbocycles. The number of phenolic OH excluding ortho intramolecular Hbond substituents is 2. The summed E-state index contributed by atoms with van der Waals surface area (Å²) in [5.74, 6) is 0.196. The molecule has 4 heteroatoms. The van der Waals surface area contributed by atoms with Crippen LogP contribution in [0.3, 0.4) is 0 Å². The van der Waals surface area contributed by atoms with Gasteiger partial charge in [-0.1, -0.05) is 23.2 Å². The fourth-order valence-electron chi connectivity index (χ4n) is 2.08. The van der Waals surface area contributed by atoms with Crippen LogP contribution in [0.25, 0.3) is 21.5 Å². The fraction of sp³-hybridized carbons (Fsp3) is 0. The second-order valence-corrected chi connectivity index (χ2v) is 4.89. The lowest BCUT2D eigenvalue weighted by Crippen LogP contribution is -1.81. The summed E-state index contributed by atoms with van der Waals surface area (Å²) < 4.78 is 0. The second kappa shape index (κ2) is 3.94. The average Bonchev–Trinajstić information content (AvgIpc) is 2.37. The van der Waals surface area contributed by atoms with Crippen molar-refractivity contribution >= 4 is 44.7 Å². The largest absolute Gasteiger partial charge is 0.507 e. The molecule has 0 heterocycles. The number of hydrogen-bond donors (Lipinski definition) is 2. The summed E-state index contributed by atoms with van der Waals surface area (Å²) in [5, 5.41) is 23.4. The molecule has 0 aliphatic rings. The monoisotopic (exact) mass is 278 g/mol.